The van der Waals surface area contributed by atoms with E-state index in [0.717, 1.165) is 14.6 Å². The number of rotatable bonds is 5. The van der Waals surface area contributed by atoms with Gasteiger partial charge in [-0.2, -0.15) is 0 Å². The third-order valence-corrected chi connectivity index (χ3v) is 5.10. The van der Waals surface area contributed by atoms with Gasteiger partial charge in [0, 0.05) is 22.2 Å². The van der Waals surface area contributed by atoms with Crippen molar-refractivity contribution in [3.05, 3.63) is 67.2 Å². The molecule has 0 aliphatic heterocycles. The molecule has 0 saturated carbocycles. The summed E-state index contributed by atoms with van der Waals surface area (Å²) in [6, 6.07) is 12.3. The van der Waals surface area contributed by atoms with Crippen LogP contribution in [0.3, 0.4) is 0 Å². The predicted octanol–water partition coefficient (Wildman–Crippen LogP) is 5.11. The molecule has 0 radical (unpaired) electrons. The lowest BCUT2D eigenvalue weighted by molar-refractivity contribution is 0.806. The molecule has 0 fully saturated rings. The first-order valence-corrected chi connectivity index (χ1v) is 8.72. The van der Waals surface area contributed by atoms with Gasteiger partial charge in [-0.25, -0.2) is 0 Å². The molecular formula is C15H12N2S3. The molecule has 3 heterocycles. The second-order valence-corrected chi connectivity index (χ2v) is 6.91. The quantitative estimate of drug-likeness (QED) is 0.585. The fourth-order valence-corrected chi connectivity index (χ4v) is 3.54. The van der Waals surface area contributed by atoms with Crippen LogP contribution in [0.5, 0.6) is 0 Å². The van der Waals surface area contributed by atoms with Crippen LogP contribution in [0.1, 0.15) is 20.8 Å². The summed E-state index contributed by atoms with van der Waals surface area (Å²) < 4.78 is 0. The standard InChI is InChI=1S/C15H12N2S3/c1-4-12(18-7-1)10-16-15(14-6-3-9-20-14)17-11-13-5-2-8-19-13/h1-11,15H. The Morgan fingerprint density at radius 2 is 1.30 bits per heavy atom. The van der Waals surface area contributed by atoms with Crippen molar-refractivity contribution < 1.29 is 0 Å². The van der Waals surface area contributed by atoms with Crippen LogP contribution in [0.15, 0.2) is 62.5 Å². The maximum Gasteiger partial charge on any atom is 0.174 e. The van der Waals surface area contributed by atoms with Crippen LogP contribution in [0.2, 0.25) is 0 Å². The normalized spacial score (nSPS) is 13.4. The van der Waals surface area contributed by atoms with Gasteiger partial charge in [-0.05, 0) is 34.3 Å². The largest absolute Gasteiger partial charge is 0.259 e. The molecule has 2 nitrogen and oxygen atoms in total. The minimum absolute atomic E-state index is 0.154. The predicted molar refractivity (Wildman–Crippen MR) is 90.9 cm³/mol. The molecule has 3 aromatic heterocycles. The lowest BCUT2D eigenvalue weighted by Crippen LogP contribution is -1.90. The van der Waals surface area contributed by atoms with E-state index in [0.29, 0.717) is 0 Å². The molecule has 0 spiro atoms. The Labute approximate surface area is 129 Å². The molecule has 3 rings (SSSR count). The summed E-state index contributed by atoms with van der Waals surface area (Å²) in [6.07, 6.45) is 3.65. The highest BCUT2D eigenvalue weighted by atomic mass is 32.1. The van der Waals surface area contributed by atoms with E-state index >= 15 is 0 Å². The van der Waals surface area contributed by atoms with Crippen LogP contribution in [0.4, 0.5) is 0 Å². The third kappa shape index (κ3) is 3.50. The van der Waals surface area contributed by atoms with Gasteiger partial charge >= 0.3 is 0 Å². The zero-order valence-corrected chi connectivity index (χ0v) is 13.0. The molecule has 0 aliphatic carbocycles. The minimum atomic E-state index is -0.154. The summed E-state index contributed by atoms with van der Waals surface area (Å²) in [4.78, 5) is 12.7. The van der Waals surface area contributed by atoms with Crippen molar-refractivity contribution in [2.24, 2.45) is 9.98 Å². The van der Waals surface area contributed by atoms with Crippen molar-refractivity contribution in [3.63, 3.8) is 0 Å². The van der Waals surface area contributed by atoms with E-state index in [4.69, 9.17) is 0 Å². The van der Waals surface area contributed by atoms with E-state index in [9.17, 15) is 0 Å². The molecule has 0 atom stereocenters. The molecule has 0 aliphatic rings. The van der Waals surface area contributed by atoms with Gasteiger partial charge in [0.1, 0.15) is 0 Å². The highest BCUT2D eigenvalue weighted by molar-refractivity contribution is 7.12. The lowest BCUT2D eigenvalue weighted by atomic mass is 10.4. The molecular weight excluding hydrogens is 304 g/mol. The molecule has 0 unspecified atom stereocenters. The Kier molecular flexibility index (Phi) is 4.53. The van der Waals surface area contributed by atoms with E-state index in [1.54, 1.807) is 34.0 Å². The molecule has 3 aromatic rings. The summed E-state index contributed by atoms with van der Waals surface area (Å²) in [5.74, 6) is 0. The van der Waals surface area contributed by atoms with Gasteiger partial charge in [-0.3, -0.25) is 9.98 Å². The Bertz CT molecular complexity index is 621. The summed E-state index contributed by atoms with van der Waals surface area (Å²) in [6.45, 7) is 0. The third-order valence-electron chi connectivity index (χ3n) is 2.57. The second kappa shape index (κ2) is 6.74. The summed E-state index contributed by atoms with van der Waals surface area (Å²) in [5.41, 5.74) is 0. The van der Waals surface area contributed by atoms with Crippen molar-refractivity contribution >= 4 is 46.4 Å². The number of thiophene rings is 3. The first kappa shape index (κ1) is 13.4. The SMILES string of the molecule is C(=NC(N=Cc1cccs1)c1cccs1)c1cccs1. The van der Waals surface area contributed by atoms with Gasteiger partial charge in [0.25, 0.3) is 0 Å². The number of aliphatic imine (C=N–C) groups is 2. The molecule has 0 N–H and O–H groups in total. The molecule has 0 saturated heterocycles. The highest BCUT2D eigenvalue weighted by Gasteiger charge is 2.07. The van der Waals surface area contributed by atoms with Crippen LogP contribution in [0, 0.1) is 0 Å². The zero-order valence-electron chi connectivity index (χ0n) is 10.5. The second-order valence-electron chi connectivity index (χ2n) is 3.98. The zero-order chi connectivity index (χ0) is 13.6. The van der Waals surface area contributed by atoms with Gasteiger partial charge in [0.2, 0.25) is 0 Å². The first-order valence-electron chi connectivity index (χ1n) is 6.08. The van der Waals surface area contributed by atoms with E-state index in [2.05, 4.69) is 44.3 Å². The van der Waals surface area contributed by atoms with Gasteiger partial charge in [0.15, 0.2) is 6.17 Å². The minimum Gasteiger partial charge on any atom is -0.259 e. The Hall–Kier alpha value is -1.56. The average molecular weight is 316 g/mol. The molecule has 0 aromatic carbocycles. The fourth-order valence-electron chi connectivity index (χ4n) is 1.64. The van der Waals surface area contributed by atoms with E-state index in [-0.39, 0.29) is 6.17 Å². The topological polar surface area (TPSA) is 24.7 Å². The maximum atomic E-state index is 4.61. The summed E-state index contributed by atoms with van der Waals surface area (Å²) in [5, 5.41) is 6.16. The monoisotopic (exact) mass is 316 g/mol. The van der Waals surface area contributed by atoms with E-state index in [1.165, 1.54) is 0 Å². The summed E-state index contributed by atoms with van der Waals surface area (Å²) in [7, 11) is 0. The Morgan fingerprint density at radius 3 is 1.75 bits per heavy atom. The maximum absolute atomic E-state index is 4.61. The van der Waals surface area contributed by atoms with Gasteiger partial charge < -0.3 is 0 Å². The number of hydrogen-bond donors (Lipinski definition) is 0. The van der Waals surface area contributed by atoms with Gasteiger partial charge in [0.05, 0.1) is 4.88 Å². The average Bonchev–Trinajstić information content (AvgIpc) is 3.22. The van der Waals surface area contributed by atoms with Crippen LogP contribution in [0.25, 0.3) is 0 Å². The van der Waals surface area contributed by atoms with Crippen LogP contribution in [-0.4, -0.2) is 12.4 Å². The molecule has 20 heavy (non-hydrogen) atoms. The van der Waals surface area contributed by atoms with Gasteiger partial charge in [-0.1, -0.05) is 18.2 Å². The van der Waals surface area contributed by atoms with Crippen molar-refractivity contribution in [3.8, 4) is 0 Å². The van der Waals surface area contributed by atoms with Crippen molar-refractivity contribution in [2.75, 3.05) is 0 Å². The smallest absolute Gasteiger partial charge is 0.174 e. The van der Waals surface area contributed by atoms with Crippen molar-refractivity contribution in [2.45, 2.75) is 6.17 Å². The number of nitrogens with zero attached hydrogens (tertiary/aromatic N) is 2. The highest BCUT2D eigenvalue weighted by Crippen LogP contribution is 2.24. The number of hydrogen-bond acceptors (Lipinski definition) is 5. The first-order chi connectivity index (χ1) is 9.92. The van der Waals surface area contributed by atoms with E-state index in [1.807, 2.05) is 30.6 Å². The van der Waals surface area contributed by atoms with Gasteiger partial charge in [-0.15, -0.1) is 34.0 Å². The molecule has 0 bridgehead atoms. The van der Waals surface area contributed by atoms with Crippen molar-refractivity contribution in [1.82, 2.24) is 0 Å². The van der Waals surface area contributed by atoms with Crippen LogP contribution < -0.4 is 0 Å². The van der Waals surface area contributed by atoms with Crippen LogP contribution >= 0.6 is 34.0 Å². The Morgan fingerprint density at radius 1 is 0.750 bits per heavy atom. The van der Waals surface area contributed by atoms with Crippen LogP contribution in [-0.2, 0) is 0 Å². The van der Waals surface area contributed by atoms with Crippen molar-refractivity contribution in [1.29, 1.82) is 0 Å². The summed E-state index contributed by atoms with van der Waals surface area (Å²) >= 11 is 5.05. The lowest BCUT2D eigenvalue weighted by Gasteiger charge is -2.03. The van der Waals surface area contributed by atoms with E-state index < -0.39 is 0 Å². The fraction of sp³-hybridized carbons (Fsp3) is 0.0667. The molecule has 0 amide bonds. The molecule has 100 valence electrons. The Balaban J connectivity index is 1.81. The molecule has 5 heteroatoms.